The topological polar surface area (TPSA) is 12.0 Å². The summed E-state index contributed by atoms with van der Waals surface area (Å²) in [5.74, 6) is 0. The Hall–Kier alpha value is -0.530. The van der Waals surface area contributed by atoms with Crippen molar-refractivity contribution in [2.75, 3.05) is 6.54 Å². The Morgan fingerprint density at radius 2 is 1.63 bits per heavy atom. The quantitative estimate of drug-likeness (QED) is 0.719. The van der Waals surface area contributed by atoms with Gasteiger partial charge in [-0.1, -0.05) is 24.1 Å². The van der Waals surface area contributed by atoms with Gasteiger partial charge >= 0.3 is 0 Å². The molecular weight excluding hydrogens is 254 g/mol. The zero-order valence-electron chi connectivity index (χ0n) is 13.1. The Morgan fingerprint density at radius 1 is 1.00 bits per heavy atom. The molecule has 1 aromatic carbocycles. The summed E-state index contributed by atoms with van der Waals surface area (Å²) < 4.78 is 0. The van der Waals surface area contributed by atoms with E-state index in [2.05, 4.69) is 52.1 Å². The van der Waals surface area contributed by atoms with Crippen LogP contribution in [0.5, 0.6) is 0 Å². The van der Waals surface area contributed by atoms with E-state index < -0.39 is 0 Å². The maximum atomic E-state index is 6.29. The highest BCUT2D eigenvalue weighted by atomic mass is 35.5. The van der Waals surface area contributed by atoms with Gasteiger partial charge in [-0.25, -0.2) is 0 Å². The highest BCUT2D eigenvalue weighted by Crippen LogP contribution is 2.22. The average molecular weight is 282 g/mol. The fourth-order valence-corrected chi connectivity index (χ4v) is 2.43. The van der Waals surface area contributed by atoms with Gasteiger partial charge in [0.15, 0.2) is 0 Å². The first-order valence-corrected chi connectivity index (χ1v) is 7.68. The van der Waals surface area contributed by atoms with Gasteiger partial charge in [-0.2, -0.15) is 0 Å². The smallest absolute Gasteiger partial charge is 0.0440 e. The number of benzene rings is 1. The van der Waals surface area contributed by atoms with E-state index in [1.165, 1.54) is 36.0 Å². The number of hydrogen-bond acceptors (Lipinski definition) is 1. The molecule has 1 N–H and O–H groups in total. The highest BCUT2D eigenvalue weighted by molar-refractivity contribution is 6.31. The van der Waals surface area contributed by atoms with Crippen molar-refractivity contribution in [3.05, 3.63) is 33.8 Å². The minimum Gasteiger partial charge on any atom is -0.312 e. The molecule has 1 rings (SSSR count). The van der Waals surface area contributed by atoms with Crippen LogP contribution in [-0.4, -0.2) is 12.1 Å². The molecule has 0 aliphatic carbocycles. The van der Waals surface area contributed by atoms with Gasteiger partial charge in [-0.15, -0.1) is 0 Å². The van der Waals surface area contributed by atoms with Gasteiger partial charge in [-0.3, -0.25) is 0 Å². The van der Waals surface area contributed by atoms with Crippen molar-refractivity contribution < 1.29 is 0 Å². The number of unbranched alkanes of at least 4 members (excludes halogenated alkanes) is 2. The van der Waals surface area contributed by atoms with Gasteiger partial charge < -0.3 is 5.32 Å². The molecule has 0 amide bonds. The monoisotopic (exact) mass is 281 g/mol. The first-order valence-electron chi connectivity index (χ1n) is 7.30. The van der Waals surface area contributed by atoms with Gasteiger partial charge in [0.25, 0.3) is 0 Å². The molecule has 0 bridgehead atoms. The molecule has 0 spiro atoms. The van der Waals surface area contributed by atoms with Gasteiger partial charge in [0.05, 0.1) is 0 Å². The third kappa shape index (κ3) is 6.44. The van der Waals surface area contributed by atoms with Gasteiger partial charge in [0.2, 0.25) is 0 Å². The fourth-order valence-electron chi connectivity index (χ4n) is 2.11. The van der Waals surface area contributed by atoms with E-state index >= 15 is 0 Å². The lowest BCUT2D eigenvalue weighted by molar-refractivity contribution is 0.417. The lowest BCUT2D eigenvalue weighted by Gasteiger charge is -2.20. The Bertz CT molecular complexity index is 404. The fraction of sp³-hybridized carbons (Fsp3) is 0.647. The summed E-state index contributed by atoms with van der Waals surface area (Å²) in [6.07, 6.45) is 4.80. The van der Waals surface area contributed by atoms with Crippen LogP contribution in [0.4, 0.5) is 0 Å². The molecule has 1 nitrogen and oxygen atoms in total. The van der Waals surface area contributed by atoms with Crippen molar-refractivity contribution in [2.45, 2.75) is 65.8 Å². The Morgan fingerprint density at radius 3 is 2.26 bits per heavy atom. The molecule has 19 heavy (non-hydrogen) atoms. The lowest BCUT2D eigenvalue weighted by atomic mass is 10.0. The Balaban J connectivity index is 2.28. The van der Waals surface area contributed by atoms with Crippen molar-refractivity contribution >= 4 is 11.6 Å². The van der Waals surface area contributed by atoms with Crippen LogP contribution in [0.1, 0.15) is 56.7 Å². The maximum absolute atomic E-state index is 6.29. The first-order chi connectivity index (χ1) is 8.79. The lowest BCUT2D eigenvalue weighted by Crippen LogP contribution is -2.36. The Kier molecular flexibility index (Phi) is 6.35. The highest BCUT2D eigenvalue weighted by Gasteiger charge is 2.07. The summed E-state index contributed by atoms with van der Waals surface area (Å²) in [6.45, 7) is 12.0. The number of aryl methyl sites for hydroxylation is 3. The van der Waals surface area contributed by atoms with E-state index in [1.807, 2.05) is 0 Å². The Labute approximate surface area is 123 Å². The molecule has 0 atom stereocenters. The second-order valence-corrected chi connectivity index (χ2v) is 6.92. The van der Waals surface area contributed by atoms with Crippen molar-refractivity contribution in [1.29, 1.82) is 0 Å². The molecule has 0 saturated carbocycles. The number of halogens is 1. The summed E-state index contributed by atoms with van der Waals surface area (Å²) in [6, 6.07) is 4.33. The third-order valence-corrected chi connectivity index (χ3v) is 3.79. The summed E-state index contributed by atoms with van der Waals surface area (Å²) >= 11 is 6.29. The van der Waals surface area contributed by atoms with Crippen LogP contribution in [-0.2, 0) is 6.42 Å². The summed E-state index contributed by atoms with van der Waals surface area (Å²) in [7, 11) is 0. The van der Waals surface area contributed by atoms with Crippen molar-refractivity contribution in [1.82, 2.24) is 5.32 Å². The normalized spacial score (nSPS) is 11.9. The second-order valence-electron chi connectivity index (χ2n) is 6.52. The SMILES string of the molecule is Cc1cc(Cl)c(CCCCCNC(C)(C)C)cc1C. The molecule has 0 aliphatic rings. The molecule has 0 radical (unpaired) electrons. The van der Waals surface area contributed by atoms with E-state index in [1.54, 1.807) is 0 Å². The molecule has 0 saturated heterocycles. The van der Waals surface area contributed by atoms with Crippen LogP contribution in [0.3, 0.4) is 0 Å². The zero-order valence-corrected chi connectivity index (χ0v) is 13.8. The molecule has 0 fully saturated rings. The largest absolute Gasteiger partial charge is 0.312 e. The minimum absolute atomic E-state index is 0.234. The van der Waals surface area contributed by atoms with Gasteiger partial charge in [0, 0.05) is 10.6 Å². The summed E-state index contributed by atoms with van der Waals surface area (Å²) in [4.78, 5) is 0. The zero-order chi connectivity index (χ0) is 14.5. The third-order valence-electron chi connectivity index (χ3n) is 3.44. The summed E-state index contributed by atoms with van der Waals surface area (Å²) in [5.41, 5.74) is 4.16. The predicted molar refractivity (Wildman–Crippen MR) is 86.2 cm³/mol. The van der Waals surface area contributed by atoms with Crippen LogP contribution < -0.4 is 5.32 Å². The molecule has 108 valence electrons. The van der Waals surface area contributed by atoms with E-state index in [0.29, 0.717) is 0 Å². The van der Waals surface area contributed by atoms with Crippen LogP contribution in [0.15, 0.2) is 12.1 Å². The van der Waals surface area contributed by atoms with Gasteiger partial charge in [0.1, 0.15) is 0 Å². The standard InChI is InChI=1S/C17H28ClN/c1-13-11-15(16(18)12-14(13)2)9-7-6-8-10-19-17(3,4)5/h11-12,19H,6-10H2,1-5H3. The maximum Gasteiger partial charge on any atom is 0.0440 e. The van der Waals surface area contributed by atoms with Gasteiger partial charge in [-0.05, 0) is 83.2 Å². The van der Waals surface area contributed by atoms with Crippen LogP contribution >= 0.6 is 11.6 Å². The second kappa shape index (κ2) is 7.31. The van der Waals surface area contributed by atoms with Crippen molar-refractivity contribution in [3.63, 3.8) is 0 Å². The van der Waals surface area contributed by atoms with E-state index in [-0.39, 0.29) is 5.54 Å². The molecule has 2 heteroatoms. The van der Waals surface area contributed by atoms with Crippen molar-refractivity contribution in [2.24, 2.45) is 0 Å². The predicted octanol–water partition coefficient (Wildman–Crippen LogP) is 5.06. The van der Waals surface area contributed by atoms with E-state index in [4.69, 9.17) is 11.6 Å². The van der Waals surface area contributed by atoms with Crippen molar-refractivity contribution in [3.8, 4) is 0 Å². The van der Waals surface area contributed by atoms with Crippen LogP contribution in [0.25, 0.3) is 0 Å². The van der Waals surface area contributed by atoms with E-state index in [0.717, 1.165) is 18.0 Å². The molecular formula is C17H28ClN. The number of hydrogen-bond donors (Lipinski definition) is 1. The number of rotatable bonds is 6. The van der Waals surface area contributed by atoms with E-state index in [9.17, 15) is 0 Å². The molecule has 0 unspecified atom stereocenters. The van der Waals surface area contributed by atoms with Crippen LogP contribution in [0, 0.1) is 13.8 Å². The minimum atomic E-state index is 0.234. The molecule has 0 heterocycles. The summed E-state index contributed by atoms with van der Waals surface area (Å²) in [5, 5.41) is 4.45. The molecule has 1 aromatic rings. The van der Waals surface area contributed by atoms with Crippen LogP contribution in [0.2, 0.25) is 5.02 Å². The molecule has 0 aromatic heterocycles. The molecule has 0 aliphatic heterocycles. The number of nitrogens with one attached hydrogen (secondary N) is 1. The average Bonchev–Trinajstić information content (AvgIpc) is 2.28. The first kappa shape index (κ1) is 16.5.